The molecule has 2 aromatic rings. The zero-order chi connectivity index (χ0) is 13.1. The number of aryl methyl sites for hydroxylation is 1. The molecule has 0 radical (unpaired) electrons. The van der Waals surface area contributed by atoms with Crippen LogP contribution in [0.25, 0.3) is 10.8 Å². The van der Waals surface area contributed by atoms with Gasteiger partial charge in [0.1, 0.15) is 5.78 Å². The van der Waals surface area contributed by atoms with E-state index < -0.39 is 0 Å². The standard InChI is InChI=1S/C15H15NO2/c1-10(17)9-15(18)16-14-8-7-12-5-3-4-6-13(12)11(14)2/h3-8H,9H2,1-2H3,(H,16,18). The fourth-order valence-corrected chi connectivity index (χ4v) is 1.98. The second-order valence-corrected chi connectivity index (χ2v) is 4.39. The largest absolute Gasteiger partial charge is 0.325 e. The van der Waals surface area contributed by atoms with E-state index in [1.165, 1.54) is 6.92 Å². The summed E-state index contributed by atoms with van der Waals surface area (Å²) in [5.74, 6) is -0.396. The molecule has 0 unspecified atom stereocenters. The van der Waals surface area contributed by atoms with Gasteiger partial charge in [0.2, 0.25) is 5.91 Å². The average molecular weight is 241 g/mol. The first kappa shape index (κ1) is 12.3. The second-order valence-electron chi connectivity index (χ2n) is 4.39. The first-order valence-corrected chi connectivity index (χ1v) is 5.85. The number of hydrogen-bond donors (Lipinski definition) is 1. The third kappa shape index (κ3) is 2.56. The maximum Gasteiger partial charge on any atom is 0.231 e. The highest BCUT2D eigenvalue weighted by Gasteiger charge is 2.08. The van der Waals surface area contributed by atoms with Crippen LogP contribution in [0.2, 0.25) is 0 Å². The van der Waals surface area contributed by atoms with Crippen LogP contribution in [0.5, 0.6) is 0 Å². The highest BCUT2D eigenvalue weighted by atomic mass is 16.2. The van der Waals surface area contributed by atoms with Crippen molar-refractivity contribution in [3.8, 4) is 0 Å². The van der Waals surface area contributed by atoms with Crippen LogP contribution in [0.1, 0.15) is 18.9 Å². The van der Waals surface area contributed by atoms with Gasteiger partial charge in [0.25, 0.3) is 0 Å². The Labute approximate surface area is 106 Å². The van der Waals surface area contributed by atoms with Crippen molar-refractivity contribution in [2.24, 2.45) is 0 Å². The minimum atomic E-state index is -0.263. The van der Waals surface area contributed by atoms with Crippen molar-refractivity contribution >= 4 is 28.2 Å². The number of carbonyl (C=O) groups excluding carboxylic acids is 2. The molecule has 0 bridgehead atoms. The number of ketones is 1. The molecule has 0 fully saturated rings. The summed E-state index contributed by atoms with van der Waals surface area (Å²) in [6, 6.07) is 11.8. The van der Waals surface area contributed by atoms with E-state index >= 15 is 0 Å². The van der Waals surface area contributed by atoms with Crippen LogP contribution in [0, 0.1) is 6.92 Å². The quantitative estimate of drug-likeness (QED) is 0.839. The number of amides is 1. The van der Waals surface area contributed by atoms with E-state index in [0.29, 0.717) is 0 Å². The molecule has 2 aromatic carbocycles. The molecule has 3 heteroatoms. The summed E-state index contributed by atoms with van der Waals surface area (Å²) in [5.41, 5.74) is 1.78. The maximum atomic E-state index is 11.6. The van der Waals surface area contributed by atoms with Crippen LogP contribution >= 0.6 is 0 Å². The Hall–Kier alpha value is -2.16. The van der Waals surface area contributed by atoms with Crippen molar-refractivity contribution in [1.82, 2.24) is 0 Å². The Morgan fingerprint density at radius 3 is 2.56 bits per heavy atom. The molecule has 0 atom stereocenters. The molecule has 0 aliphatic heterocycles. The third-order valence-electron chi connectivity index (χ3n) is 2.88. The summed E-state index contributed by atoms with van der Waals surface area (Å²) in [6.45, 7) is 3.37. The van der Waals surface area contributed by atoms with Gasteiger partial charge in [0, 0.05) is 5.69 Å². The molecule has 0 aromatic heterocycles. The molecule has 3 nitrogen and oxygen atoms in total. The summed E-state index contributed by atoms with van der Waals surface area (Å²) in [7, 11) is 0. The summed E-state index contributed by atoms with van der Waals surface area (Å²) in [5, 5.41) is 5.02. The molecule has 92 valence electrons. The molecule has 0 saturated carbocycles. The predicted molar refractivity (Wildman–Crippen MR) is 72.6 cm³/mol. The van der Waals surface area contributed by atoms with Crippen LogP contribution in [0.3, 0.4) is 0 Å². The van der Waals surface area contributed by atoms with Gasteiger partial charge < -0.3 is 5.32 Å². The van der Waals surface area contributed by atoms with Crippen molar-refractivity contribution in [1.29, 1.82) is 0 Å². The summed E-state index contributed by atoms with van der Waals surface area (Å²) in [4.78, 5) is 22.5. The van der Waals surface area contributed by atoms with E-state index in [-0.39, 0.29) is 18.1 Å². The van der Waals surface area contributed by atoms with Crippen molar-refractivity contribution in [3.05, 3.63) is 42.0 Å². The fraction of sp³-hybridized carbons (Fsp3) is 0.200. The number of nitrogens with one attached hydrogen (secondary N) is 1. The number of anilines is 1. The molecule has 0 aliphatic rings. The van der Waals surface area contributed by atoms with Crippen LogP contribution in [-0.2, 0) is 9.59 Å². The smallest absolute Gasteiger partial charge is 0.231 e. The molecule has 0 heterocycles. The molecular formula is C15H15NO2. The molecule has 2 rings (SSSR count). The first-order valence-electron chi connectivity index (χ1n) is 5.85. The lowest BCUT2D eigenvalue weighted by Crippen LogP contribution is -2.15. The lowest BCUT2D eigenvalue weighted by Gasteiger charge is -2.10. The van der Waals surface area contributed by atoms with Crippen LogP contribution < -0.4 is 5.32 Å². The van der Waals surface area contributed by atoms with E-state index in [1.54, 1.807) is 0 Å². The van der Waals surface area contributed by atoms with E-state index in [2.05, 4.69) is 5.32 Å². The topological polar surface area (TPSA) is 46.2 Å². The van der Waals surface area contributed by atoms with Gasteiger partial charge in [-0.2, -0.15) is 0 Å². The Morgan fingerprint density at radius 2 is 1.83 bits per heavy atom. The lowest BCUT2D eigenvalue weighted by atomic mass is 10.0. The molecule has 1 amide bonds. The molecule has 0 aliphatic carbocycles. The van der Waals surface area contributed by atoms with E-state index in [4.69, 9.17) is 0 Å². The Kier molecular flexibility index (Phi) is 3.42. The van der Waals surface area contributed by atoms with Gasteiger partial charge in [-0.05, 0) is 36.2 Å². The normalized spacial score (nSPS) is 10.3. The van der Waals surface area contributed by atoms with Gasteiger partial charge in [-0.1, -0.05) is 30.3 Å². The van der Waals surface area contributed by atoms with Crippen molar-refractivity contribution in [2.45, 2.75) is 20.3 Å². The Morgan fingerprint density at radius 1 is 1.11 bits per heavy atom. The van der Waals surface area contributed by atoms with Crippen molar-refractivity contribution in [3.63, 3.8) is 0 Å². The van der Waals surface area contributed by atoms with Gasteiger partial charge in [0.05, 0.1) is 6.42 Å². The summed E-state index contributed by atoms with van der Waals surface area (Å²) < 4.78 is 0. The molecule has 0 spiro atoms. The summed E-state index contributed by atoms with van der Waals surface area (Å²) in [6.07, 6.45) is -0.0771. The number of rotatable bonds is 3. The SMILES string of the molecule is CC(=O)CC(=O)Nc1ccc2ccccc2c1C. The number of Topliss-reactive ketones (excluding diaryl/α,β-unsaturated/α-hetero) is 1. The zero-order valence-electron chi connectivity index (χ0n) is 10.5. The van der Waals surface area contributed by atoms with Gasteiger partial charge in [-0.25, -0.2) is 0 Å². The van der Waals surface area contributed by atoms with E-state index in [0.717, 1.165) is 22.0 Å². The van der Waals surface area contributed by atoms with Crippen LogP contribution in [0.4, 0.5) is 5.69 Å². The van der Waals surface area contributed by atoms with Gasteiger partial charge in [-0.3, -0.25) is 9.59 Å². The number of benzene rings is 2. The number of carbonyl (C=O) groups is 2. The lowest BCUT2D eigenvalue weighted by molar-refractivity contribution is -0.124. The van der Waals surface area contributed by atoms with Crippen LogP contribution in [-0.4, -0.2) is 11.7 Å². The maximum absolute atomic E-state index is 11.6. The van der Waals surface area contributed by atoms with Crippen LogP contribution in [0.15, 0.2) is 36.4 Å². The molecule has 18 heavy (non-hydrogen) atoms. The molecule has 0 saturated heterocycles. The molecular weight excluding hydrogens is 226 g/mol. The highest BCUT2D eigenvalue weighted by Crippen LogP contribution is 2.25. The highest BCUT2D eigenvalue weighted by molar-refractivity contribution is 6.05. The first-order chi connectivity index (χ1) is 8.58. The second kappa shape index (κ2) is 5.00. The summed E-state index contributed by atoms with van der Waals surface area (Å²) >= 11 is 0. The Balaban J connectivity index is 2.32. The third-order valence-corrected chi connectivity index (χ3v) is 2.88. The fourth-order valence-electron chi connectivity index (χ4n) is 1.98. The van der Waals surface area contributed by atoms with E-state index in [9.17, 15) is 9.59 Å². The van der Waals surface area contributed by atoms with Crippen molar-refractivity contribution in [2.75, 3.05) is 5.32 Å². The predicted octanol–water partition coefficient (Wildman–Crippen LogP) is 3.07. The monoisotopic (exact) mass is 241 g/mol. The van der Waals surface area contributed by atoms with Gasteiger partial charge in [0.15, 0.2) is 0 Å². The number of hydrogen-bond acceptors (Lipinski definition) is 2. The van der Waals surface area contributed by atoms with Gasteiger partial charge in [-0.15, -0.1) is 0 Å². The molecule has 1 N–H and O–H groups in total. The average Bonchev–Trinajstić information content (AvgIpc) is 2.32. The zero-order valence-corrected chi connectivity index (χ0v) is 10.5. The van der Waals surface area contributed by atoms with Crippen molar-refractivity contribution < 1.29 is 9.59 Å². The van der Waals surface area contributed by atoms with Gasteiger partial charge >= 0.3 is 0 Å². The van der Waals surface area contributed by atoms with E-state index in [1.807, 2.05) is 43.3 Å². The number of fused-ring (bicyclic) bond motifs is 1. The minimum absolute atomic E-state index is 0.0771. The Bertz CT molecular complexity index is 617. The minimum Gasteiger partial charge on any atom is -0.325 e.